The lowest BCUT2D eigenvalue weighted by Gasteiger charge is -2.36. The second-order valence-corrected chi connectivity index (χ2v) is 5.51. The standard InChI is InChI=1S/C13H24N4O3/c1-3-13(2,11(15)16-20)12(19)17(8-10(14)18)9-6-4-5-7-9/h9,20H,3-8H2,1-2H3,(H2,14,18)(H2,15,16). The van der Waals surface area contributed by atoms with E-state index < -0.39 is 11.3 Å². The van der Waals surface area contributed by atoms with Gasteiger partial charge in [-0.05, 0) is 26.2 Å². The van der Waals surface area contributed by atoms with Gasteiger partial charge in [-0.25, -0.2) is 0 Å². The van der Waals surface area contributed by atoms with Crippen LogP contribution in [0.4, 0.5) is 0 Å². The zero-order valence-electron chi connectivity index (χ0n) is 12.1. The number of nitrogens with zero attached hydrogens (tertiary/aromatic N) is 2. The summed E-state index contributed by atoms with van der Waals surface area (Å²) in [6, 6.07) is 0.00682. The molecule has 0 aromatic heterocycles. The van der Waals surface area contributed by atoms with Crippen LogP contribution in [0, 0.1) is 5.41 Å². The van der Waals surface area contributed by atoms with Crippen molar-refractivity contribution in [1.82, 2.24) is 4.90 Å². The van der Waals surface area contributed by atoms with Crippen LogP contribution in [0.3, 0.4) is 0 Å². The third kappa shape index (κ3) is 3.20. The summed E-state index contributed by atoms with van der Waals surface area (Å²) in [5, 5.41) is 11.9. The van der Waals surface area contributed by atoms with Gasteiger partial charge in [0.25, 0.3) is 0 Å². The van der Waals surface area contributed by atoms with Crippen LogP contribution in [-0.4, -0.2) is 40.3 Å². The molecule has 1 saturated carbocycles. The maximum absolute atomic E-state index is 12.8. The minimum Gasteiger partial charge on any atom is -0.409 e. The summed E-state index contributed by atoms with van der Waals surface area (Å²) in [4.78, 5) is 25.5. The quantitative estimate of drug-likeness (QED) is 0.283. The topological polar surface area (TPSA) is 122 Å². The van der Waals surface area contributed by atoms with E-state index in [2.05, 4.69) is 5.16 Å². The molecule has 114 valence electrons. The van der Waals surface area contributed by atoms with E-state index >= 15 is 0 Å². The average molecular weight is 284 g/mol. The number of rotatable bonds is 6. The second-order valence-electron chi connectivity index (χ2n) is 5.51. The van der Waals surface area contributed by atoms with E-state index in [0.29, 0.717) is 6.42 Å². The third-order valence-electron chi connectivity index (χ3n) is 4.20. The van der Waals surface area contributed by atoms with E-state index in [-0.39, 0.29) is 24.3 Å². The van der Waals surface area contributed by atoms with E-state index in [1.54, 1.807) is 13.8 Å². The van der Waals surface area contributed by atoms with Gasteiger partial charge in [0.2, 0.25) is 11.8 Å². The van der Waals surface area contributed by atoms with Crippen LogP contribution in [0.5, 0.6) is 0 Å². The van der Waals surface area contributed by atoms with Crippen molar-refractivity contribution in [1.29, 1.82) is 0 Å². The molecule has 5 N–H and O–H groups in total. The molecule has 7 heteroatoms. The third-order valence-corrected chi connectivity index (χ3v) is 4.20. The highest BCUT2D eigenvalue weighted by molar-refractivity contribution is 6.07. The summed E-state index contributed by atoms with van der Waals surface area (Å²) in [6.45, 7) is 3.28. The molecule has 0 saturated heterocycles. The van der Waals surface area contributed by atoms with Gasteiger partial charge in [-0.1, -0.05) is 24.9 Å². The van der Waals surface area contributed by atoms with E-state index in [9.17, 15) is 9.59 Å². The molecule has 0 aromatic rings. The number of amides is 2. The number of carbonyl (C=O) groups is 2. The molecule has 0 spiro atoms. The summed E-state index contributed by atoms with van der Waals surface area (Å²) in [6.07, 6.45) is 4.15. The first-order valence-corrected chi connectivity index (χ1v) is 6.94. The summed E-state index contributed by atoms with van der Waals surface area (Å²) in [5.74, 6) is -0.998. The molecule has 1 unspecified atom stereocenters. The van der Waals surface area contributed by atoms with Gasteiger partial charge in [0.05, 0.1) is 6.54 Å². The molecule has 7 nitrogen and oxygen atoms in total. The first kappa shape index (κ1) is 16.3. The molecular weight excluding hydrogens is 260 g/mol. The lowest BCUT2D eigenvalue weighted by atomic mass is 9.84. The molecular formula is C13H24N4O3. The molecule has 20 heavy (non-hydrogen) atoms. The first-order chi connectivity index (χ1) is 9.36. The van der Waals surface area contributed by atoms with Crippen LogP contribution < -0.4 is 11.5 Å². The summed E-state index contributed by atoms with van der Waals surface area (Å²) in [5.41, 5.74) is 9.80. The zero-order chi connectivity index (χ0) is 15.3. The van der Waals surface area contributed by atoms with Crippen LogP contribution in [0.2, 0.25) is 0 Å². The maximum atomic E-state index is 12.8. The number of nitrogens with two attached hydrogens (primary N) is 2. The minimum atomic E-state index is -1.12. The lowest BCUT2D eigenvalue weighted by Crippen LogP contribution is -2.54. The van der Waals surface area contributed by atoms with Crippen molar-refractivity contribution in [3.05, 3.63) is 0 Å². The molecule has 0 aliphatic heterocycles. The van der Waals surface area contributed by atoms with Crippen LogP contribution >= 0.6 is 0 Å². The molecule has 1 fully saturated rings. The van der Waals surface area contributed by atoms with E-state index in [1.165, 1.54) is 4.90 Å². The highest BCUT2D eigenvalue weighted by Crippen LogP contribution is 2.30. The smallest absolute Gasteiger partial charge is 0.237 e. The fraction of sp³-hybridized carbons (Fsp3) is 0.769. The van der Waals surface area contributed by atoms with E-state index in [1.807, 2.05) is 0 Å². The molecule has 1 atom stereocenters. The van der Waals surface area contributed by atoms with Gasteiger partial charge in [0.15, 0.2) is 5.84 Å². The Bertz CT molecular complexity index is 404. The van der Waals surface area contributed by atoms with Crippen LogP contribution in [-0.2, 0) is 9.59 Å². The predicted molar refractivity (Wildman–Crippen MR) is 75.0 cm³/mol. The van der Waals surface area contributed by atoms with Gasteiger partial charge < -0.3 is 21.6 Å². The number of amidine groups is 1. The highest BCUT2D eigenvalue weighted by atomic mass is 16.4. The Morgan fingerprint density at radius 3 is 2.30 bits per heavy atom. The Morgan fingerprint density at radius 1 is 1.35 bits per heavy atom. The van der Waals surface area contributed by atoms with Gasteiger partial charge in [0.1, 0.15) is 5.41 Å². The normalized spacial score (nSPS) is 19.6. The molecule has 2 amide bonds. The Morgan fingerprint density at radius 2 is 1.90 bits per heavy atom. The molecule has 0 bridgehead atoms. The fourth-order valence-electron chi connectivity index (χ4n) is 2.62. The Kier molecular flexibility index (Phi) is 5.35. The largest absolute Gasteiger partial charge is 0.409 e. The molecule has 1 aliphatic carbocycles. The van der Waals surface area contributed by atoms with Crippen LogP contribution in [0.15, 0.2) is 5.16 Å². The van der Waals surface area contributed by atoms with Crippen molar-refractivity contribution >= 4 is 17.6 Å². The van der Waals surface area contributed by atoms with Gasteiger partial charge >= 0.3 is 0 Å². The van der Waals surface area contributed by atoms with Crippen molar-refractivity contribution in [2.24, 2.45) is 22.0 Å². The minimum absolute atomic E-state index is 0.00682. The Balaban J connectivity index is 3.04. The number of oxime groups is 1. The van der Waals surface area contributed by atoms with E-state index in [4.69, 9.17) is 16.7 Å². The van der Waals surface area contributed by atoms with Crippen LogP contribution in [0.1, 0.15) is 46.0 Å². The maximum Gasteiger partial charge on any atom is 0.237 e. The Hall–Kier alpha value is -1.79. The number of hydrogen-bond donors (Lipinski definition) is 3. The molecule has 1 rings (SSSR count). The van der Waals surface area contributed by atoms with Gasteiger partial charge in [-0.15, -0.1) is 0 Å². The molecule has 0 heterocycles. The SMILES string of the molecule is CCC(C)(C(=O)N(CC(N)=O)C1CCCC1)C(N)=NO. The van der Waals surface area contributed by atoms with Crippen LogP contribution in [0.25, 0.3) is 0 Å². The van der Waals surface area contributed by atoms with Gasteiger partial charge in [-0.2, -0.15) is 0 Å². The first-order valence-electron chi connectivity index (χ1n) is 6.94. The molecule has 0 aromatic carbocycles. The van der Waals surface area contributed by atoms with Crippen molar-refractivity contribution in [2.45, 2.75) is 52.0 Å². The van der Waals surface area contributed by atoms with Crippen molar-refractivity contribution in [3.8, 4) is 0 Å². The summed E-state index contributed by atoms with van der Waals surface area (Å²) >= 11 is 0. The lowest BCUT2D eigenvalue weighted by molar-refractivity contribution is -0.143. The number of primary amides is 1. The summed E-state index contributed by atoms with van der Waals surface area (Å²) < 4.78 is 0. The number of hydrogen-bond acceptors (Lipinski definition) is 4. The fourth-order valence-corrected chi connectivity index (χ4v) is 2.62. The average Bonchev–Trinajstić information content (AvgIpc) is 2.95. The van der Waals surface area contributed by atoms with Crippen molar-refractivity contribution in [3.63, 3.8) is 0 Å². The van der Waals surface area contributed by atoms with Crippen molar-refractivity contribution < 1.29 is 14.8 Å². The predicted octanol–water partition coefficient (Wildman–Crippen LogP) is 0.406. The number of carbonyl (C=O) groups excluding carboxylic acids is 2. The monoisotopic (exact) mass is 284 g/mol. The van der Waals surface area contributed by atoms with E-state index in [0.717, 1.165) is 25.7 Å². The zero-order valence-corrected chi connectivity index (χ0v) is 12.1. The highest BCUT2D eigenvalue weighted by Gasteiger charge is 2.42. The molecule has 0 radical (unpaired) electrons. The van der Waals surface area contributed by atoms with Gasteiger partial charge in [-0.3, -0.25) is 9.59 Å². The van der Waals surface area contributed by atoms with Crippen molar-refractivity contribution in [2.75, 3.05) is 6.54 Å². The summed E-state index contributed by atoms with van der Waals surface area (Å²) in [7, 11) is 0. The second kappa shape index (κ2) is 6.58. The Labute approximate surface area is 119 Å². The van der Waals surface area contributed by atoms with Gasteiger partial charge in [0, 0.05) is 6.04 Å². The molecule has 1 aliphatic rings.